The highest BCUT2D eigenvalue weighted by Gasteiger charge is 2.27. The van der Waals surface area contributed by atoms with Crippen LogP contribution < -0.4 is 0 Å². The summed E-state index contributed by atoms with van der Waals surface area (Å²) in [4.78, 5) is 4.05. The molecule has 1 fully saturated rings. The average Bonchev–Trinajstić information content (AvgIpc) is 2.01. The number of aliphatic hydroxyl groups excluding tert-OH is 1. The highest BCUT2D eigenvalue weighted by molar-refractivity contribution is 5.24. The van der Waals surface area contributed by atoms with Gasteiger partial charge in [0.1, 0.15) is 0 Å². The normalized spacial score (nSPS) is 19.5. The van der Waals surface area contributed by atoms with Crippen molar-refractivity contribution in [3.8, 4) is 0 Å². The van der Waals surface area contributed by atoms with Gasteiger partial charge in [-0.05, 0) is 37.3 Å². The average molecular weight is 177 g/mol. The maximum atomic E-state index is 9.98. The first kappa shape index (κ1) is 8.70. The van der Waals surface area contributed by atoms with Crippen molar-refractivity contribution in [1.82, 2.24) is 4.98 Å². The third-order valence-corrected chi connectivity index (χ3v) is 2.99. The Bertz CT molecular complexity index is 294. The molecule has 0 aromatic carbocycles. The molecule has 0 aliphatic heterocycles. The molecule has 2 nitrogen and oxygen atoms in total. The maximum Gasteiger partial charge on any atom is 0.0835 e. The zero-order chi connectivity index (χ0) is 9.26. The molecule has 70 valence electrons. The van der Waals surface area contributed by atoms with Gasteiger partial charge >= 0.3 is 0 Å². The Balaban J connectivity index is 2.18. The predicted octanol–water partition coefficient (Wildman–Crippen LogP) is 2.22. The van der Waals surface area contributed by atoms with E-state index in [0.29, 0.717) is 5.92 Å². The Morgan fingerprint density at radius 1 is 1.54 bits per heavy atom. The summed E-state index contributed by atoms with van der Waals surface area (Å²) in [5.74, 6) is 0.475. The molecule has 1 heterocycles. The van der Waals surface area contributed by atoms with E-state index in [1.165, 1.54) is 6.42 Å². The number of hydrogen-bond acceptors (Lipinski definition) is 2. The molecule has 1 atom stereocenters. The van der Waals surface area contributed by atoms with Gasteiger partial charge in [-0.3, -0.25) is 4.98 Å². The van der Waals surface area contributed by atoms with Crippen molar-refractivity contribution in [2.45, 2.75) is 32.3 Å². The van der Waals surface area contributed by atoms with Gasteiger partial charge in [0.05, 0.1) is 6.10 Å². The Kier molecular flexibility index (Phi) is 2.32. The monoisotopic (exact) mass is 177 g/mol. The zero-order valence-electron chi connectivity index (χ0n) is 7.90. The van der Waals surface area contributed by atoms with Crippen LogP contribution in [0.1, 0.15) is 36.5 Å². The standard InChI is InChI=1S/C11H15NO/c1-8-5-6-12-7-10(8)11(13)9-3-2-4-9/h5-7,9,11,13H,2-4H2,1H3. The van der Waals surface area contributed by atoms with Crippen LogP contribution in [0.5, 0.6) is 0 Å². The van der Waals surface area contributed by atoms with Gasteiger partial charge in [0.2, 0.25) is 0 Å². The number of nitrogens with zero attached hydrogens (tertiary/aromatic N) is 1. The van der Waals surface area contributed by atoms with Crippen LogP contribution in [0.4, 0.5) is 0 Å². The fourth-order valence-corrected chi connectivity index (χ4v) is 1.80. The summed E-state index contributed by atoms with van der Waals surface area (Å²) < 4.78 is 0. The molecule has 1 unspecified atom stereocenters. The molecule has 1 N–H and O–H groups in total. The Hall–Kier alpha value is -0.890. The summed E-state index contributed by atoms with van der Waals surface area (Å²) in [5, 5.41) is 9.98. The number of aliphatic hydroxyl groups is 1. The smallest absolute Gasteiger partial charge is 0.0835 e. The molecule has 1 aromatic heterocycles. The maximum absolute atomic E-state index is 9.98. The summed E-state index contributed by atoms with van der Waals surface area (Å²) in [6.45, 7) is 2.03. The molecular formula is C11H15NO. The van der Waals surface area contributed by atoms with Gasteiger partial charge < -0.3 is 5.11 Å². The van der Waals surface area contributed by atoms with E-state index in [-0.39, 0.29) is 6.10 Å². The van der Waals surface area contributed by atoms with E-state index in [9.17, 15) is 5.11 Å². The summed E-state index contributed by atoms with van der Waals surface area (Å²) in [7, 11) is 0. The van der Waals surface area contributed by atoms with Crippen LogP contribution in [0.15, 0.2) is 18.5 Å². The van der Waals surface area contributed by atoms with Crippen molar-refractivity contribution in [2.24, 2.45) is 5.92 Å². The molecule has 1 aromatic rings. The van der Waals surface area contributed by atoms with Gasteiger partial charge in [-0.2, -0.15) is 0 Å². The Labute approximate surface area is 78.6 Å². The molecule has 2 heteroatoms. The van der Waals surface area contributed by atoms with E-state index in [2.05, 4.69) is 4.98 Å². The van der Waals surface area contributed by atoms with Crippen LogP contribution in [0.25, 0.3) is 0 Å². The third-order valence-electron chi connectivity index (χ3n) is 2.99. The number of aromatic nitrogens is 1. The van der Waals surface area contributed by atoms with Gasteiger partial charge in [-0.15, -0.1) is 0 Å². The molecule has 1 aliphatic rings. The van der Waals surface area contributed by atoms with Crippen molar-refractivity contribution in [3.63, 3.8) is 0 Å². The second-order valence-corrected chi connectivity index (χ2v) is 3.87. The van der Waals surface area contributed by atoms with Crippen molar-refractivity contribution >= 4 is 0 Å². The van der Waals surface area contributed by atoms with E-state index in [1.807, 2.05) is 13.0 Å². The Morgan fingerprint density at radius 2 is 2.31 bits per heavy atom. The van der Waals surface area contributed by atoms with Crippen molar-refractivity contribution < 1.29 is 5.11 Å². The minimum atomic E-state index is -0.289. The van der Waals surface area contributed by atoms with Gasteiger partial charge in [-0.25, -0.2) is 0 Å². The van der Waals surface area contributed by atoms with Gasteiger partial charge in [0.15, 0.2) is 0 Å². The largest absolute Gasteiger partial charge is 0.388 e. The molecule has 0 bridgehead atoms. The molecule has 0 radical (unpaired) electrons. The topological polar surface area (TPSA) is 33.1 Å². The summed E-state index contributed by atoms with van der Waals surface area (Å²) >= 11 is 0. The summed E-state index contributed by atoms with van der Waals surface area (Å²) in [5.41, 5.74) is 2.15. The number of hydrogen-bond donors (Lipinski definition) is 1. The van der Waals surface area contributed by atoms with Crippen LogP contribution >= 0.6 is 0 Å². The number of aryl methyl sites for hydroxylation is 1. The first-order valence-electron chi connectivity index (χ1n) is 4.87. The molecule has 0 saturated heterocycles. The fraction of sp³-hybridized carbons (Fsp3) is 0.545. The van der Waals surface area contributed by atoms with Crippen molar-refractivity contribution in [2.75, 3.05) is 0 Å². The van der Waals surface area contributed by atoms with Gasteiger partial charge in [-0.1, -0.05) is 6.42 Å². The molecule has 0 spiro atoms. The van der Waals surface area contributed by atoms with Crippen LogP contribution in [-0.2, 0) is 0 Å². The SMILES string of the molecule is Cc1ccncc1C(O)C1CCC1. The molecule has 13 heavy (non-hydrogen) atoms. The molecule has 2 rings (SSSR count). The van der Waals surface area contributed by atoms with Crippen LogP contribution in [0, 0.1) is 12.8 Å². The third kappa shape index (κ3) is 1.59. The van der Waals surface area contributed by atoms with Crippen LogP contribution in [-0.4, -0.2) is 10.1 Å². The zero-order valence-corrected chi connectivity index (χ0v) is 7.90. The van der Waals surface area contributed by atoms with Crippen molar-refractivity contribution in [1.29, 1.82) is 0 Å². The second-order valence-electron chi connectivity index (χ2n) is 3.87. The van der Waals surface area contributed by atoms with Gasteiger partial charge in [0.25, 0.3) is 0 Å². The first-order chi connectivity index (χ1) is 6.29. The molecule has 0 amide bonds. The van der Waals surface area contributed by atoms with Crippen LogP contribution in [0.3, 0.4) is 0 Å². The minimum absolute atomic E-state index is 0.289. The lowest BCUT2D eigenvalue weighted by molar-refractivity contribution is 0.0613. The lowest BCUT2D eigenvalue weighted by atomic mass is 9.78. The molecule has 1 saturated carbocycles. The highest BCUT2D eigenvalue weighted by Crippen LogP contribution is 2.38. The number of pyridine rings is 1. The minimum Gasteiger partial charge on any atom is -0.388 e. The lowest BCUT2D eigenvalue weighted by Crippen LogP contribution is -2.20. The van der Waals surface area contributed by atoms with E-state index in [0.717, 1.165) is 24.0 Å². The van der Waals surface area contributed by atoms with Crippen molar-refractivity contribution in [3.05, 3.63) is 29.6 Å². The second kappa shape index (κ2) is 3.46. The van der Waals surface area contributed by atoms with Gasteiger partial charge in [0, 0.05) is 18.0 Å². The number of rotatable bonds is 2. The molecule has 1 aliphatic carbocycles. The van der Waals surface area contributed by atoms with Crippen LogP contribution in [0.2, 0.25) is 0 Å². The van der Waals surface area contributed by atoms with E-state index in [1.54, 1.807) is 12.4 Å². The van der Waals surface area contributed by atoms with E-state index in [4.69, 9.17) is 0 Å². The Morgan fingerprint density at radius 3 is 2.85 bits per heavy atom. The summed E-state index contributed by atoms with van der Waals surface area (Å²) in [6, 6.07) is 1.96. The molecular weight excluding hydrogens is 162 g/mol. The fourth-order valence-electron chi connectivity index (χ4n) is 1.80. The predicted molar refractivity (Wildman–Crippen MR) is 51.3 cm³/mol. The highest BCUT2D eigenvalue weighted by atomic mass is 16.3. The first-order valence-corrected chi connectivity index (χ1v) is 4.87. The van der Waals surface area contributed by atoms with E-state index < -0.39 is 0 Å². The summed E-state index contributed by atoms with van der Waals surface area (Å²) in [6.07, 6.45) is 6.86. The lowest BCUT2D eigenvalue weighted by Gasteiger charge is -2.30. The quantitative estimate of drug-likeness (QED) is 0.751. The van der Waals surface area contributed by atoms with E-state index >= 15 is 0 Å².